The molecule has 0 aliphatic heterocycles. The molecule has 0 saturated heterocycles. The summed E-state index contributed by atoms with van der Waals surface area (Å²) < 4.78 is 0. The van der Waals surface area contributed by atoms with Crippen LogP contribution in [0.1, 0.15) is 13.8 Å². The van der Waals surface area contributed by atoms with Gasteiger partial charge in [-0.3, -0.25) is 4.79 Å². The highest BCUT2D eigenvalue weighted by Gasteiger charge is 2.17. The van der Waals surface area contributed by atoms with E-state index in [-0.39, 0.29) is 11.8 Å². The van der Waals surface area contributed by atoms with Crippen LogP contribution < -0.4 is 10.6 Å². The first-order chi connectivity index (χ1) is 7.56. The zero-order valence-electron chi connectivity index (χ0n) is 9.61. The van der Waals surface area contributed by atoms with Gasteiger partial charge in [0, 0.05) is 29.7 Å². The van der Waals surface area contributed by atoms with Gasteiger partial charge in [0.1, 0.15) is 0 Å². The van der Waals surface area contributed by atoms with Crippen LogP contribution in [-0.4, -0.2) is 19.0 Å². The average Bonchev–Trinajstić information content (AvgIpc) is 2.26. The number of carbonyl (C=O) groups is 1. The molecule has 4 heteroatoms. The Bertz CT molecular complexity index is 349. The Morgan fingerprint density at radius 1 is 1.38 bits per heavy atom. The maximum atomic E-state index is 12.0. The van der Waals surface area contributed by atoms with Crippen molar-refractivity contribution in [3.05, 3.63) is 29.3 Å². The third-order valence-corrected chi connectivity index (χ3v) is 2.50. The number of hydrogen-bond acceptors (Lipinski definition) is 2. The van der Waals surface area contributed by atoms with Gasteiger partial charge in [0.05, 0.1) is 0 Å². The summed E-state index contributed by atoms with van der Waals surface area (Å²) in [5, 5.41) is 0.661. The van der Waals surface area contributed by atoms with Crippen molar-refractivity contribution in [3.63, 3.8) is 0 Å². The van der Waals surface area contributed by atoms with Gasteiger partial charge in [-0.2, -0.15) is 0 Å². The number of rotatable bonds is 4. The van der Waals surface area contributed by atoms with Gasteiger partial charge >= 0.3 is 0 Å². The summed E-state index contributed by atoms with van der Waals surface area (Å²) in [5.74, 6) is 0.0370. The van der Waals surface area contributed by atoms with E-state index in [2.05, 4.69) is 0 Å². The van der Waals surface area contributed by atoms with Gasteiger partial charge in [0.15, 0.2) is 0 Å². The molecule has 3 nitrogen and oxygen atoms in total. The number of hydrogen-bond donors (Lipinski definition) is 1. The lowest BCUT2D eigenvalue weighted by Gasteiger charge is -2.24. The summed E-state index contributed by atoms with van der Waals surface area (Å²) in [6.45, 7) is 4.73. The first-order valence-electron chi connectivity index (χ1n) is 5.33. The molecule has 0 spiro atoms. The molecule has 0 aliphatic carbocycles. The number of halogens is 1. The van der Waals surface area contributed by atoms with Crippen molar-refractivity contribution in [1.82, 2.24) is 0 Å². The summed E-state index contributed by atoms with van der Waals surface area (Å²) in [5.41, 5.74) is 6.36. The first-order valence-corrected chi connectivity index (χ1v) is 5.71. The molecule has 1 aromatic carbocycles. The lowest BCUT2D eigenvalue weighted by atomic mass is 10.1. The highest BCUT2D eigenvalue weighted by molar-refractivity contribution is 6.30. The van der Waals surface area contributed by atoms with Crippen LogP contribution in [0, 0.1) is 5.92 Å². The van der Waals surface area contributed by atoms with E-state index >= 15 is 0 Å². The van der Waals surface area contributed by atoms with Gasteiger partial charge in [0.2, 0.25) is 5.91 Å². The van der Waals surface area contributed by atoms with E-state index in [0.29, 0.717) is 18.1 Å². The van der Waals surface area contributed by atoms with Crippen molar-refractivity contribution in [2.24, 2.45) is 11.7 Å². The largest absolute Gasteiger partial charge is 0.329 e. The molecule has 0 unspecified atom stereocenters. The van der Waals surface area contributed by atoms with Crippen LogP contribution in [0.4, 0.5) is 5.69 Å². The fourth-order valence-corrected chi connectivity index (χ4v) is 1.55. The topological polar surface area (TPSA) is 46.3 Å². The van der Waals surface area contributed by atoms with Crippen molar-refractivity contribution in [3.8, 4) is 0 Å². The molecule has 0 aromatic heterocycles. The van der Waals surface area contributed by atoms with E-state index in [1.165, 1.54) is 0 Å². The molecule has 0 radical (unpaired) electrons. The fourth-order valence-electron chi connectivity index (χ4n) is 1.43. The molecule has 0 bridgehead atoms. The zero-order valence-corrected chi connectivity index (χ0v) is 10.4. The fraction of sp³-hybridized carbons (Fsp3) is 0.417. The van der Waals surface area contributed by atoms with Gasteiger partial charge in [-0.1, -0.05) is 25.4 Å². The minimum atomic E-state index is -0.0396. The van der Waals surface area contributed by atoms with Gasteiger partial charge in [-0.15, -0.1) is 0 Å². The highest BCUT2D eigenvalue weighted by atomic mass is 35.5. The second kappa shape index (κ2) is 5.87. The number of nitrogens with zero attached hydrogens (tertiary/aromatic N) is 1. The molecule has 1 rings (SSSR count). The van der Waals surface area contributed by atoms with E-state index < -0.39 is 0 Å². The summed E-state index contributed by atoms with van der Waals surface area (Å²) in [6.07, 6.45) is 0. The molecule has 1 amide bonds. The Labute approximate surface area is 101 Å². The van der Waals surface area contributed by atoms with Crippen molar-refractivity contribution in [2.75, 3.05) is 18.0 Å². The highest BCUT2D eigenvalue weighted by Crippen LogP contribution is 2.19. The zero-order chi connectivity index (χ0) is 12.1. The molecule has 0 atom stereocenters. The lowest BCUT2D eigenvalue weighted by Crippen LogP contribution is -2.38. The van der Waals surface area contributed by atoms with Crippen LogP contribution in [-0.2, 0) is 4.79 Å². The normalized spacial score (nSPS) is 10.6. The van der Waals surface area contributed by atoms with E-state index in [0.717, 1.165) is 5.69 Å². The molecule has 0 heterocycles. The maximum absolute atomic E-state index is 12.0. The lowest BCUT2D eigenvalue weighted by molar-refractivity contribution is -0.121. The summed E-state index contributed by atoms with van der Waals surface area (Å²) in [6, 6.07) is 7.21. The summed E-state index contributed by atoms with van der Waals surface area (Å²) in [7, 11) is 0. The molecule has 0 aliphatic rings. The van der Waals surface area contributed by atoms with Crippen LogP contribution in [0.2, 0.25) is 5.02 Å². The number of carbonyl (C=O) groups excluding carboxylic acids is 1. The molecule has 16 heavy (non-hydrogen) atoms. The van der Waals surface area contributed by atoms with Crippen LogP contribution in [0.3, 0.4) is 0 Å². The Hall–Kier alpha value is -1.06. The van der Waals surface area contributed by atoms with Crippen LogP contribution >= 0.6 is 11.6 Å². The van der Waals surface area contributed by atoms with Crippen LogP contribution in [0.25, 0.3) is 0 Å². The van der Waals surface area contributed by atoms with Gasteiger partial charge < -0.3 is 10.6 Å². The second-order valence-electron chi connectivity index (χ2n) is 3.91. The number of amides is 1. The minimum absolute atomic E-state index is 0.0396. The van der Waals surface area contributed by atoms with E-state index in [1.807, 2.05) is 26.0 Å². The SMILES string of the molecule is CC(C)C(=O)N(CCN)c1ccc(Cl)cc1. The van der Waals surface area contributed by atoms with E-state index in [4.69, 9.17) is 17.3 Å². The Morgan fingerprint density at radius 3 is 2.38 bits per heavy atom. The smallest absolute Gasteiger partial charge is 0.229 e. The quantitative estimate of drug-likeness (QED) is 0.878. The third-order valence-electron chi connectivity index (χ3n) is 2.25. The van der Waals surface area contributed by atoms with Crippen molar-refractivity contribution in [2.45, 2.75) is 13.8 Å². The standard InChI is InChI=1S/C12H17ClN2O/c1-9(2)12(16)15(8-7-14)11-5-3-10(13)4-6-11/h3-6,9H,7-8,14H2,1-2H3. The Morgan fingerprint density at radius 2 is 1.94 bits per heavy atom. The number of benzene rings is 1. The molecule has 0 saturated carbocycles. The van der Waals surface area contributed by atoms with Gasteiger partial charge in [-0.25, -0.2) is 0 Å². The molecular weight excluding hydrogens is 224 g/mol. The van der Waals surface area contributed by atoms with Crippen LogP contribution in [0.5, 0.6) is 0 Å². The Balaban J connectivity index is 2.93. The maximum Gasteiger partial charge on any atom is 0.229 e. The van der Waals surface area contributed by atoms with E-state index in [1.54, 1.807) is 17.0 Å². The molecule has 88 valence electrons. The van der Waals surface area contributed by atoms with E-state index in [9.17, 15) is 4.79 Å². The summed E-state index contributed by atoms with van der Waals surface area (Å²) >= 11 is 5.81. The third kappa shape index (κ3) is 3.22. The average molecular weight is 241 g/mol. The minimum Gasteiger partial charge on any atom is -0.329 e. The number of anilines is 1. The Kier molecular flexibility index (Phi) is 4.77. The van der Waals surface area contributed by atoms with Crippen molar-refractivity contribution >= 4 is 23.2 Å². The van der Waals surface area contributed by atoms with Gasteiger partial charge in [-0.05, 0) is 24.3 Å². The molecular formula is C12H17ClN2O. The number of nitrogens with two attached hydrogens (primary N) is 1. The monoisotopic (exact) mass is 240 g/mol. The van der Waals surface area contributed by atoms with Gasteiger partial charge in [0.25, 0.3) is 0 Å². The first kappa shape index (κ1) is 13.0. The second-order valence-corrected chi connectivity index (χ2v) is 4.35. The molecule has 0 fully saturated rings. The predicted molar refractivity (Wildman–Crippen MR) is 67.7 cm³/mol. The molecule has 1 aromatic rings. The van der Waals surface area contributed by atoms with Crippen molar-refractivity contribution in [1.29, 1.82) is 0 Å². The predicted octanol–water partition coefficient (Wildman–Crippen LogP) is 2.29. The summed E-state index contributed by atoms with van der Waals surface area (Å²) in [4.78, 5) is 13.7. The van der Waals surface area contributed by atoms with Crippen molar-refractivity contribution < 1.29 is 4.79 Å². The molecule has 2 N–H and O–H groups in total. The van der Waals surface area contributed by atoms with Crippen LogP contribution in [0.15, 0.2) is 24.3 Å².